The van der Waals surface area contributed by atoms with Gasteiger partial charge in [-0.2, -0.15) is 0 Å². The van der Waals surface area contributed by atoms with E-state index >= 15 is 0 Å². The van der Waals surface area contributed by atoms with E-state index in [1.807, 2.05) is 41.0 Å². The number of nitrogens with zero attached hydrogens (tertiary/aromatic N) is 3. The maximum Gasteiger partial charge on any atom is 0.251 e. The van der Waals surface area contributed by atoms with Gasteiger partial charge in [-0.3, -0.25) is 4.79 Å². The molecule has 0 aliphatic carbocycles. The van der Waals surface area contributed by atoms with Crippen molar-refractivity contribution in [3.05, 3.63) is 66.2 Å². The lowest BCUT2D eigenvalue weighted by Gasteiger charge is -2.08. The van der Waals surface area contributed by atoms with Crippen LogP contribution in [0.4, 0.5) is 0 Å². The Morgan fingerprint density at radius 1 is 1.11 bits per heavy atom. The molecule has 2 aromatic carbocycles. The largest absolute Gasteiger partial charge is 0.497 e. The van der Waals surface area contributed by atoms with E-state index in [9.17, 15) is 4.79 Å². The lowest BCUT2D eigenvalue weighted by molar-refractivity contribution is 0.0949. The van der Waals surface area contributed by atoms with Crippen molar-refractivity contribution in [3.8, 4) is 16.9 Å². The summed E-state index contributed by atoms with van der Waals surface area (Å²) in [6.45, 7) is 1.51. The van der Waals surface area contributed by atoms with Gasteiger partial charge in [-0.05, 0) is 35.4 Å². The molecule has 27 heavy (non-hydrogen) atoms. The molecule has 1 N–H and O–H groups in total. The van der Waals surface area contributed by atoms with Gasteiger partial charge in [0.05, 0.1) is 20.3 Å². The second kappa shape index (κ2) is 8.95. The average molecular weight is 366 g/mol. The number of benzene rings is 2. The highest BCUT2D eigenvalue weighted by molar-refractivity contribution is 5.94. The molecule has 0 bridgehead atoms. The average Bonchev–Trinajstić information content (AvgIpc) is 3.18. The molecule has 0 aliphatic rings. The molecular weight excluding hydrogens is 344 g/mol. The quantitative estimate of drug-likeness (QED) is 0.663. The first-order chi connectivity index (χ1) is 13.2. The standard InChI is InChI=1S/C20H22N4O3/c1-26-11-10-24-14-22-23-19(24)13-21-20(25)16-8-6-15(7-9-16)17-4-3-5-18(12-17)27-2/h3-9,12,14H,10-11,13H2,1-2H3,(H,21,25). The Bertz CT molecular complexity index is 890. The molecule has 3 aromatic rings. The molecule has 1 heterocycles. The first kappa shape index (κ1) is 18.6. The SMILES string of the molecule is COCCn1cnnc1CNC(=O)c1ccc(-c2cccc(OC)c2)cc1. The van der Waals surface area contributed by atoms with Gasteiger partial charge in [-0.15, -0.1) is 10.2 Å². The summed E-state index contributed by atoms with van der Waals surface area (Å²) in [7, 11) is 3.28. The summed E-state index contributed by atoms with van der Waals surface area (Å²) in [6.07, 6.45) is 1.63. The second-order valence-corrected chi connectivity index (χ2v) is 5.93. The van der Waals surface area contributed by atoms with Crippen molar-refractivity contribution in [2.45, 2.75) is 13.1 Å². The van der Waals surface area contributed by atoms with E-state index in [1.54, 1.807) is 32.7 Å². The number of hydrogen-bond donors (Lipinski definition) is 1. The summed E-state index contributed by atoms with van der Waals surface area (Å²) in [5.74, 6) is 1.33. The summed E-state index contributed by atoms with van der Waals surface area (Å²) in [4.78, 5) is 12.4. The minimum atomic E-state index is -0.159. The summed E-state index contributed by atoms with van der Waals surface area (Å²) < 4.78 is 12.2. The molecule has 0 saturated carbocycles. The molecule has 1 aromatic heterocycles. The third kappa shape index (κ3) is 4.71. The van der Waals surface area contributed by atoms with Crippen LogP contribution in [-0.2, 0) is 17.8 Å². The van der Waals surface area contributed by atoms with Gasteiger partial charge in [0.1, 0.15) is 12.1 Å². The number of nitrogens with one attached hydrogen (secondary N) is 1. The lowest BCUT2D eigenvalue weighted by Crippen LogP contribution is -2.25. The van der Waals surface area contributed by atoms with E-state index < -0.39 is 0 Å². The van der Waals surface area contributed by atoms with Crippen molar-refractivity contribution in [3.63, 3.8) is 0 Å². The van der Waals surface area contributed by atoms with E-state index in [2.05, 4.69) is 15.5 Å². The highest BCUT2D eigenvalue weighted by atomic mass is 16.5. The van der Waals surface area contributed by atoms with Crippen LogP contribution >= 0.6 is 0 Å². The molecule has 0 unspecified atom stereocenters. The van der Waals surface area contributed by atoms with Crippen LogP contribution in [0.5, 0.6) is 5.75 Å². The van der Waals surface area contributed by atoms with Gasteiger partial charge < -0.3 is 19.4 Å². The van der Waals surface area contributed by atoms with Crippen molar-refractivity contribution >= 4 is 5.91 Å². The van der Waals surface area contributed by atoms with Crippen molar-refractivity contribution in [2.24, 2.45) is 0 Å². The number of carbonyl (C=O) groups excluding carboxylic acids is 1. The fraction of sp³-hybridized carbons (Fsp3) is 0.250. The molecule has 0 atom stereocenters. The number of carbonyl (C=O) groups is 1. The molecular formula is C20H22N4O3. The van der Waals surface area contributed by atoms with Crippen LogP contribution in [0, 0.1) is 0 Å². The highest BCUT2D eigenvalue weighted by Crippen LogP contribution is 2.24. The maximum absolute atomic E-state index is 12.4. The molecule has 0 aliphatic heterocycles. The monoisotopic (exact) mass is 366 g/mol. The van der Waals surface area contributed by atoms with Crippen molar-refractivity contribution in [1.29, 1.82) is 0 Å². The lowest BCUT2D eigenvalue weighted by atomic mass is 10.0. The number of rotatable bonds is 8. The number of methoxy groups -OCH3 is 2. The van der Waals surface area contributed by atoms with Crippen LogP contribution in [-0.4, -0.2) is 41.5 Å². The number of hydrogen-bond acceptors (Lipinski definition) is 5. The van der Waals surface area contributed by atoms with E-state index in [4.69, 9.17) is 9.47 Å². The topological polar surface area (TPSA) is 78.3 Å². The summed E-state index contributed by atoms with van der Waals surface area (Å²) in [5, 5.41) is 10.8. The van der Waals surface area contributed by atoms with Crippen LogP contribution < -0.4 is 10.1 Å². The number of aromatic nitrogens is 3. The zero-order chi connectivity index (χ0) is 19.1. The first-order valence-electron chi connectivity index (χ1n) is 8.59. The predicted octanol–water partition coefficient (Wildman–Crippen LogP) is 2.53. The molecule has 0 radical (unpaired) electrons. The van der Waals surface area contributed by atoms with Crippen LogP contribution in [0.25, 0.3) is 11.1 Å². The summed E-state index contributed by atoms with van der Waals surface area (Å²) >= 11 is 0. The Balaban J connectivity index is 1.63. The molecule has 3 rings (SSSR count). The van der Waals surface area contributed by atoms with Gasteiger partial charge in [0.2, 0.25) is 0 Å². The highest BCUT2D eigenvalue weighted by Gasteiger charge is 2.09. The molecule has 1 amide bonds. The van der Waals surface area contributed by atoms with Crippen LogP contribution in [0.1, 0.15) is 16.2 Å². The maximum atomic E-state index is 12.4. The minimum absolute atomic E-state index is 0.159. The Hall–Kier alpha value is -3.19. The summed E-state index contributed by atoms with van der Waals surface area (Å²) in [6, 6.07) is 15.3. The van der Waals surface area contributed by atoms with Crippen LogP contribution in [0.3, 0.4) is 0 Å². The molecule has 140 valence electrons. The van der Waals surface area contributed by atoms with Crippen LogP contribution in [0.2, 0.25) is 0 Å². The van der Waals surface area contributed by atoms with E-state index in [0.717, 1.165) is 16.9 Å². The van der Waals surface area contributed by atoms with Crippen molar-refractivity contribution < 1.29 is 14.3 Å². The van der Waals surface area contributed by atoms with E-state index in [1.165, 1.54) is 0 Å². The normalized spacial score (nSPS) is 10.6. The first-order valence-corrected chi connectivity index (χ1v) is 8.59. The van der Waals surface area contributed by atoms with Crippen molar-refractivity contribution in [2.75, 3.05) is 20.8 Å². The molecule has 0 spiro atoms. The van der Waals surface area contributed by atoms with Gasteiger partial charge in [0.15, 0.2) is 5.82 Å². The molecule has 0 fully saturated rings. The predicted molar refractivity (Wildman–Crippen MR) is 101 cm³/mol. The fourth-order valence-corrected chi connectivity index (χ4v) is 2.67. The minimum Gasteiger partial charge on any atom is -0.497 e. The zero-order valence-corrected chi connectivity index (χ0v) is 15.4. The van der Waals surface area contributed by atoms with Gasteiger partial charge in [0.25, 0.3) is 5.91 Å². The molecule has 7 heteroatoms. The Kier molecular flexibility index (Phi) is 6.17. The molecule has 7 nitrogen and oxygen atoms in total. The Morgan fingerprint density at radius 2 is 1.93 bits per heavy atom. The van der Waals surface area contributed by atoms with Crippen LogP contribution in [0.15, 0.2) is 54.9 Å². The van der Waals surface area contributed by atoms with Gasteiger partial charge in [0, 0.05) is 19.2 Å². The Labute approximate surface area is 158 Å². The second-order valence-electron chi connectivity index (χ2n) is 5.93. The van der Waals surface area contributed by atoms with E-state index in [0.29, 0.717) is 31.1 Å². The van der Waals surface area contributed by atoms with Gasteiger partial charge >= 0.3 is 0 Å². The molecule has 0 saturated heterocycles. The number of amides is 1. The third-order valence-corrected chi connectivity index (χ3v) is 4.19. The smallest absolute Gasteiger partial charge is 0.251 e. The zero-order valence-electron chi connectivity index (χ0n) is 15.4. The third-order valence-electron chi connectivity index (χ3n) is 4.19. The Morgan fingerprint density at radius 3 is 2.67 bits per heavy atom. The van der Waals surface area contributed by atoms with Crippen molar-refractivity contribution in [1.82, 2.24) is 20.1 Å². The number of ether oxygens (including phenoxy) is 2. The van der Waals surface area contributed by atoms with Gasteiger partial charge in [-0.1, -0.05) is 24.3 Å². The summed E-state index contributed by atoms with van der Waals surface area (Å²) in [5.41, 5.74) is 2.64. The fourth-order valence-electron chi connectivity index (χ4n) is 2.67. The van der Waals surface area contributed by atoms with Gasteiger partial charge in [-0.25, -0.2) is 0 Å². The van der Waals surface area contributed by atoms with E-state index in [-0.39, 0.29) is 5.91 Å².